The van der Waals surface area contributed by atoms with E-state index in [2.05, 4.69) is 49.5 Å². The van der Waals surface area contributed by atoms with Crippen molar-refractivity contribution >= 4 is 23.5 Å². The number of carbonyl (C=O) groups excluding carboxylic acids is 1. The molecule has 0 aliphatic carbocycles. The van der Waals surface area contributed by atoms with Gasteiger partial charge in [0.2, 0.25) is 5.95 Å². The Kier molecular flexibility index (Phi) is 7.09. The summed E-state index contributed by atoms with van der Waals surface area (Å²) in [7, 11) is 0. The van der Waals surface area contributed by atoms with Gasteiger partial charge in [0.25, 0.3) is 0 Å². The molecule has 4 heterocycles. The van der Waals surface area contributed by atoms with E-state index < -0.39 is 17.5 Å². The first-order valence-corrected chi connectivity index (χ1v) is 11.6. The monoisotopic (exact) mass is 492 g/mol. The number of nitrogens with zero attached hydrogens (tertiary/aromatic N) is 6. The molecule has 4 aromatic heterocycles. The Balaban J connectivity index is 1.58. The van der Waals surface area contributed by atoms with Gasteiger partial charge in [-0.3, -0.25) is 10.3 Å². The van der Waals surface area contributed by atoms with E-state index in [-0.39, 0.29) is 5.92 Å². The maximum Gasteiger partial charge on any atom is 0.413 e. The summed E-state index contributed by atoms with van der Waals surface area (Å²) in [4.78, 5) is 29.7. The van der Waals surface area contributed by atoms with Crippen LogP contribution in [0.4, 0.5) is 21.0 Å². The van der Waals surface area contributed by atoms with Crippen molar-refractivity contribution in [2.24, 2.45) is 0 Å². The predicted octanol–water partition coefficient (Wildman–Crippen LogP) is 4.85. The van der Waals surface area contributed by atoms with Crippen LogP contribution in [0.15, 0.2) is 43.0 Å². The number of anilines is 2. The Bertz CT molecular complexity index is 1380. The Morgan fingerprint density at radius 3 is 2.72 bits per heavy atom. The van der Waals surface area contributed by atoms with Crippen LogP contribution in [0.5, 0.6) is 0 Å². The van der Waals surface area contributed by atoms with Crippen LogP contribution < -0.4 is 10.6 Å². The minimum atomic E-state index is -0.619. The third-order valence-electron chi connectivity index (χ3n) is 5.17. The molecular weight excluding hydrogens is 463 g/mol. The number of carbonyl (C=O) groups is 1. The highest BCUT2D eigenvalue weighted by molar-refractivity contribution is 5.84. The Hall–Kier alpha value is -4.15. The molecule has 1 amide bonds. The maximum atomic E-state index is 13.8. The molecule has 0 atom stereocenters. The lowest BCUT2D eigenvalue weighted by molar-refractivity contribution is 0.0635. The van der Waals surface area contributed by atoms with Gasteiger partial charge in [-0.2, -0.15) is 14.6 Å². The van der Waals surface area contributed by atoms with Gasteiger partial charge in [-0.15, -0.1) is 0 Å². The third kappa shape index (κ3) is 5.91. The van der Waals surface area contributed by atoms with Crippen molar-refractivity contribution in [3.05, 3.63) is 59.9 Å². The summed E-state index contributed by atoms with van der Waals surface area (Å²) in [5.74, 6) is 0.934. The molecule has 0 saturated heterocycles. The summed E-state index contributed by atoms with van der Waals surface area (Å²) in [6.07, 6.45) is 5.98. The summed E-state index contributed by atoms with van der Waals surface area (Å²) in [5, 5.41) is 10.5. The predicted molar refractivity (Wildman–Crippen MR) is 134 cm³/mol. The third-order valence-corrected chi connectivity index (χ3v) is 5.17. The summed E-state index contributed by atoms with van der Waals surface area (Å²) < 4.78 is 20.8. The van der Waals surface area contributed by atoms with Gasteiger partial charge in [-0.25, -0.2) is 19.2 Å². The van der Waals surface area contributed by atoms with Gasteiger partial charge in [0.15, 0.2) is 11.5 Å². The SMILES string of the molecule is CC(C)c1cnn2c(NCCc3cccnc3NC(=O)OC(C)(C)C)nc(-c3cncc(F)c3)nc12. The van der Waals surface area contributed by atoms with Crippen LogP contribution in [0.2, 0.25) is 0 Å². The molecule has 0 aromatic carbocycles. The lowest BCUT2D eigenvalue weighted by Crippen LogP contribution is -2.28. The molecule has 0 bridgehead atoms. The summed E-state index contributed by atoms with van der Waals surface area (Å²) >= 11 is 0. The molecule has 0 saturated carbocycles. The number of fused-ring (bicyclic) bond motifs is 1. The number of hydrogen-bond donors (Lipinski definition) is 2. The van der Waals surface area contributed by atoms with Crippen LogP contribution in [-0.4, -0.2) is 47.8 Å². The molecule has 0 spiro atoms. The fraction of sp³-hybridized carbons (Fsp3) is 0.360. The van der Waals surface area contributed by atoms with Crippen LogP contribution >= 0.6 is 0 Å². The van der Waals surface area contributed by atoms with Crippen LogP contribution in [0.1, 0.15) is 51.7 Å². The van der Waals surface area contributed by atoms with Crippen molar-refractivity contribution in [3.63, 3.8) is 0 Å². The first-order valence-electron chi connectivity index (χ1n) is 11.6. The quantitative estimate of drug-likeness (QED) is 0.376. The molecule has 0 aliphatic rings. The Labute approximate surface area is 208 Å². The molecule has 10 nitrogen and oxygen atoms in total. The highest BCUT2D eigenvalue weighted by atomic mass is 19.1. The number of aromatic nitrogens is 6. The smallest absolute Gasteiger partial charge is 0.413 e. The molecule has 0 aliphatic heterocycles. The van der Waals surface area contributed by atoms with Gasteiger partial charge in [-0.05, 0) is 50.8 Å². The molecule has 4 aromatic rings. The van der Waals surface area contributed by atoms with Crippen LogP contribution in [0.25, 0.3) is 17.0 Å². The van der Waals surface area contributed by atoms with E-state index >= 15 is 0 Å². The Morgan fingerprint density at radius 2 is 2.00 bits per heavy atom. The van der Waals surface area contributed by atoms with Gasteiger partial charge in [0.05, 0.1) is 12.4 Å². The van der Waals surface area contributed by atoms with Crippen molar-refractivity contribution in [1.82, 2.24) is 29.5 Å². The number of rotatable bonds is 7. The minimum Gasteiger partial charge on any atom is -0.444 e. The van der Waals surface area contributed by atoms with Gasteiger partial charge >= 0.3 is 6.09 Å². The van der Waals surface area contributed by atoms with Gasteiger partial charge < -0.3 is 10.1 Å². The topological polar surface area (TPSA) is 119 Å². The number of hydrogen-bond acceptors (Lipinski definition) is 8. The van der Waals surface area contributed by atoms with Crippen molar-refractivity contribution in [3.8, 4) is 11.4 Å². The zero-order valence-electron chi connectivity index (χ0n) is 20.9. The average Bonchev–Trinajstić information content (AvgIpc) is 3.23. The first kappa shape index (κ1) is 25.0. The van der Waals surface area contributed by atoms with E-state index in [0.29, 0.717) is 41.8 Å². The lowest BCUT2D eigenvalue weighted by atomic mass is 10.1. The van der Waals surface area contributed by atoms with Gasteiger partial charge in [0, 0.05) is 30.1 Å². The second-order valence-electron chi connectivity index (χ2n) is 9.57. The molecule has 4 rings (SSSR count). The average molecular weight is 493 g/mol. The summed E-state index contributed by atoms with van der Waals surface area (Å²) in [5.41, 5.74) is 2.25. The fourth-order valence-corrected chi connectivity index (χ4v) is 3.54. The van der Waals surface area contributed by atoms with E-state index in [1.54, 1.807) is 43.7 Å². The van der Waals surface area contributed by atoms with Crippen molar-refractivity contribution in [2.45, 2.75) is 52.6 Å². The fourth-order valence-electron chi connectivity index (χ4n) is 3.54. The number of halogens is 1. The van der Waals surface area contributed by atoms with E-state index in [9.17, 15) is 9.18 Å². The van der Waals surface area contributed by atoms with Crippen molar-refractivity contribution in [1.29, 1.82) is 0 Å². The minimum absolute atomic E-state index is 0.181. The first-order chi connectivity index (χ1) is 17.1. The van der Waals surface area contributed by atoms with Crippen molar-refractivity contribution < 1.29 is 13.9 Å². The zero-order chi connectivity index (χ0) is 25.9. The van der Waals surface area contributed by atoms with E-state index in [1.165, 1.54) is 12.3 Å². The largest absolute Gasteiger partial charge is 0.444 e. The number of nitrogens with one attached hydrogen (secondary N) is 2. The molecule has 188 valence electrons. The number of pyridine rings is 2. The molecule has 0 radical (unpaired) electrons. The van der Waals surface area contributed by atoms with Gasteiger partial charge in [0.1, 0.15) is 17.2 Å². The second kappa shape index (κ2) is 10.2. The van der Waals surface area contributed by atoms with Crippen LogP contribution in [0, 0.1) is 5.82 Å². The van der Waals surface area contributed by atoms with Crippen LogP contribution in [-0.2, 0) is 11.2 Å². The van der Waals surface area contributed by atoms with Crippen molar-refractivity contribution in [2.75, 3.05) is 17.2 Å². The lowest BCUT2D eigenvalue weighted by Gasteiger charge is -2.20. The number of ether oxygens (including phenoxy) is 1. The number of amides is 1. The summed E-state index contributed by atoms with van der Waals surface area (Å²) in [6.45, 7) is 9.96. The molecule has 36 heavy (non-hydrogen) atoms. The van der Waals surface area contributed by atoms with Crippen LogP contribution in [0.3, 0.4) is 0 Å². The highest BCUT2D eigenvalue weighted by Crippen LogP contribution is 2.24. The second-order valence-corrected chi connectivity index (χ2v) is 9.57. The molecule has 0 fully saturated rings. The zero-order valence-corrected chi connectivity index (χ0v) is 20.9. The normalized spacial score (nSPS) is 11.6. The molecule has 11 heteroatoms. The van der Waals surface area contributed by atoms with E-state index in [0.717, 1.165) is 17.3 Å². The maximum absolute atomic E-state index is 13.8. The standard InChI is InChI=1S/C25H29FN8O2/c1-15(2)19-14-30-34-22(19)31-21(17-11-18(26)13-27-12-17)32-23(34)29-10-8-16-7-6-9-28-20(16)33-24(35)36-25(3,4)5/h6-7,9,11-15H,8,10H2,1-5H3,(H,28,33,35)(H,29,31,32). The Morgan fingerprint density at radius 1 is 1.19 bits per heavy atom. The molecule has 0 unspecified atom stereocenters. The van der Waals surface area contributed by atoms with Gasteiger partial charge in [-0.1, -0.05) is 19.9 Å². The van der Waals surface area contributed by atoms with E-state index in [1.807, 2.05) is 6.07 Å². The van der Waals surface area contributed by atoms with E-state index in [4.69, 9.17) is 4.74 Å². The molecule has 2 N–H and O–H groups in total. The molecular formula is C25H29FN8O2. The highest BCUT2D eigenvalue weighted by Gasteiger charge is 2.19. The summed E-state index contributed by atoms with van der Waals surface area (Å²) in [6, 6.07) is 5.03.